The summed E-state index contributed by atoms with van der Waals surface area (Å²) in [5.74, 6) is 0.129. The van der Waals surface area contributed by atoms with Crippen molar-refractivity contribution in [2.45, 2.75) is 17.8 Å². The van der Waals surface area contributed by atoms with Crippen molar-refractivity contribution in [3.05, 3.63) is 99.0 Å². The standard InChI is InChI=1S/C23H20N4O3S/c28-22-25(17-9-5-2-6-10-17)23(29)27-21-18(13-19(26(22)27)16-11-12-30-14-16)24-20(31-21)15-7-3-1-4-8-15/h1-10,13,16,19,21H,11-12,14H2/t16-,19+,21+/m1/s1. The highest BCUT2D eigenvalue weighted by molar-refractivity contribution is 8.14. The van der Waals surface area contributed by atoms with Crippen molar-refractivity contribution in [1.82, 2.24) is 13.9 Å². The quantitative estimate of drug-likeness (QED) is 0.638. The molecule has 8 heteroatoms. The van der Waals surface area contributed by atoms with Crippen LogP contribution in [0, 0.1) is 5.92 Å². The molecule has 0 radical (unpaired) electrons. The zero-order valence-corrected chi connectivity index (χ0v) is 17.4. The Hall–Kier alpha value is -3.10. The SMILES string of the molecule is O=c1n(-c2ccccc2)c(=O)n2n1[C@H]1SC(c3ccccc3)=NC1=C[C@H]2[C@@H]1CCOC1. The summed E-state index contributed by atoms with van der Waals surface area (Å²) < 4.78 is 10.1. The molecular formula is C23H20N4O3S. The van der Waals surface area contributed by atoms with Crippen molar-refractivity contribution in [3.63, 3.8) is 0 Å². The Bertz CT molecular complexity index is 1310. The summed E-state index contributed by atoms with van der Waals surface area (Å²) in [6, 6.07) is 18.8. The maximum Gasteiger partial charge on any atom is 0.353 e. The highest BCUT2D eigenvalue weighted by Gasteiger charge is 2.41. The summed E-state index contributed by atoms with van der Waals surface area (Å²) >= 11 is 1.51. The zero-order valence-electron chi connectivity index (χ0n) is 16.6. The molecule has 3 aliphatic rings. The number of rotatable bonds is 3. The van der Waals surface area contributed by atoms with Gasteiger partial charge in [-0.1, -0.05) is 60.3 Å². The molecule has 2 aromatic carbocycles. The van der Waals surface area contributed by atoms with E-state index in [1.165, 1.54) is 16.3 Å². The van der Waals surface area contributed by atoms with Gasteiger partial charge < -0.3 is 4.74 Å². The van der Waals surface area contributed by atoms with Crippen LogP contribution in [0.4, 0.5) is 0 Å². The molecule has 3 aromatic rings. The van der Waals surface area contributed by atoms with Gasteiger partial charge in [-0.25, -0.2) is 28.5 Å². The van der Waals surface area contributed by atoms with E-state index >= 15 is 0 Å². The van der Waals surface area contributed by atoms with E-state index in [4.69, 9.17) is 9.73 Å². The minimum Gasteiger partial charge on any atom is -0.381 e. The van der Waals surface area contributed by atoms with Crippen molar-refractivity contribution in [2.24, 2.45) is 10.9 Å². The number of hydrogen-bond donors (Lipinski definition) is 0. The molecule has 0 saturated carbocycles. The Labute approximate surface area is 182 Å². The lowest BCUT2D eigenvalue weighted by Crippen LogP contribution is -2.38. The number of allylic oxidation sites excluding steroid dienone is 1. The first kappa shape index (κ1) is 18.7. The van der Waals surface area contributed by atoms with Gasteiger partial charge in [-0.05, 0) is 24.6 Å². The number of fused-ring (bicyclic) bond motifs is 3. The first-order chi connectivity index (χ1) is 15.2. The molecule has 0 aliphatic carbocycles. The van der Waals surface area contributed by atoms with Crippen molar-refractivity contribution >= 4 is 16.8 Å². The highest BCUT2D eigenvalue weighted by atomic mass is 32.2. The molecule has 156 valence electrons. The van der Waals surface area contributed by atoms with Gasteiger partial charge in [0.05, 0.1) is 24.0 Å². The van der Waals surface area contributed by atoms with E-state index in [2.05, 4.69) is 6.08 Å². The van der Waals surface area contributed by atoms with Crippen molar-refractivity contribution in [3.8, 4) is 5.69 Å². The summed E-state index contributed by atoms with van der Waals surface area (Å²) in [7, 11) is 0. The molecule has 0 bridgehead atoms. The highest BCUT2D eigenvalue weighted by Crippen LogP contribution is 2.45. The van der Waals surface area contributed by atoms with Gasteiger partial charge in [0.2, 0.25) is 0 Å². The fourth-order valence-corrected chi connectivity index (χ4v) is 5.72. The summed E-state index contributed by atoms with van der Waals surface area (Å²) in [5.41, 5.74) is 1.74. The average molecular weight is 433 g/mol. The first-order valence-corrected chi connectivity index (χ1v) is 11.2. The third kappa shape index (κ3) is 2.90. The minimum absolute atomic E-state index is 0.129. The number of hydrogen-bond acceptors (Lipinski definition) is 5. The van der Waals surface area contributed by atoms with Crippen molar-refractivity contribution < 1.29 is 4.74 Å². The summed E-state index contributed by atoms with van der Waals surface area (Å²) in [6.45, 7) is 1.23. The predicted molar refractivity (Wildman–Crippen MR) is 120 cm³/mol. The summed E-state index contributed by atoms with van der Waals surface area (Å²) in [5, 5.41) is 0.498. The van der Waals surface area contributed by atoms with E-state index in [0.717, 1.165) is 22.7 Å². The number of aromatic nitrogens is 3. The van der Waals surface area contributed by atoms with Crippen LogP contribution in [0.15, 0.2) is 87.0 Å². The van der Waals surface area contributed by atoms with Gasteiger partial charge >= 0.3 is 11.4 Å². The fourth-order valence-electron chi connectivity index (χ4n) is 4.53. The molecule has 0 N–H and O–H groups in total. The van der Waals surface area contributed by atoms with Crippen molar-refractivity contribution in [2.75, 3.05) is 13.2 Å². The van der Waals surface area contributed by atoms with Crippen LogP contribution in [0.25, 0.3) is 5.69 Å². The monoisotopic (exact) mass is 432 g/mol. The molecule has 1 aromatic heterocycles. The Kier molecular flexibility index (Phi) is 4.36. The van der Waals surface area contributed by atoms with Crippen LogP contribution in [0.2, 0.25) is 0 Å². The third-order valence-corrected chi connectivity index (χ3v) is 7.26. The second-order valence-electron chi connectivity index (χ2n) is 7.88. The molecule has 31 heavy (non-hydrogen) atoms. The zero-order chi connectivity index (χ0) is 20.9. The van der Waals surface area contributed by atoms with Crippen LogP contribution in [0.1, 0.15) is 23.4 Å². The van der Waals surface area contributed by atoms with Gasteiger partial charge in [0, 0.05) is 18.1 Å². The maximum absolute atomic E-state index is 13.6. The van der Waals surface area contributed by atoms with E-state index in [9.17, 15) is 9.59 Å². The molecule has 0 amide bonds. The van der Waals surface area contributed by atoms with Gasteiger partial charge in [0.15, 0.2) is 0 Å². The molecule has 6 rings (SSSR count). The second-order valence-corrected chi connectivity index (χ2v) is 8.95. The van der Waals surface area contributed by atoms with Gasteiger partial charge in [0.25, 0.3) is 0 Å². The molecular weight excluding hydrogens is 412 g/mol. The van der Waals surface area contributed by atoms with E-state index in [0.29, 0.717) is 18.9 Å². The topological polar surface area (TPSA) is 70.5 Å². The molecule has 7 nitrogen and oxygen atoms in total. The average Bonchev–Trinajstić information content (AvgIpc) is 3.53. The Morgan fingerprint density at radius 1 is 0.935 bits per heavy atom. The Morgan fingerprint density at radius 2 is 1.65 bits per heavy atom. The molecule has 1 saturated heterocycles. The summed E-state index contributed by atoms with van der Waals surface area (Å²) in [4.78, 5) is 32.0. The molecule has 4 heterocycles. The van der Waals surface area contributed by atoms with Gasteiger partial charge in [0.1, 0.15) is 10.4 Å². The van der Waals surface area contributed by atoms with Crippen LogP contribution in [-0.2, 0) is 4.74 Å². The van der Waals surface area contributed by atoms with Gasteiger partial charge in [-0.15, -0.1) is 0 Å². The lowest BCUT2D eigenvalue weighted by molar-refractivity contribution is 0.171. The number of nitrogens with zero attached hydrogens (tertiary/aromatic N) is 4. The largest absolute Gasteiger partial charge is 0.381 e. The van der Waals surface area contributed by atoms with Crippen LogP contribution in [-0.4, -0.2) is 32.2 Å². The fraction of sp³-hybridized carbons (Fsp3) is 0.261. The molecule has 0 unspecified atom stereocenters. The lowest BCUT2D eigenvalue weighted by Gasteiger charge is -2.29. The van der Waals surface area contributed by atoms with E-state index < -0.39 is 0 Å². The lowest BCUT2D eigenvalue weighted by atomic mass is 9.97. The second kappa shape index (κ2) is 7.25. The normalized spacial score (nSPS) is 24.5. The molecule has 1 fully saturated rings. The van der Waals surface area contributed by atoms with Crippen molar-refractivity contribution in [1.29, 1.82) is 0 Å². The third-order valence-electron chi connectivity index (χ3n) is 6.04. The number of thioether (sulfide) groups is 1. The van der Waals surface area contributed by atoms with Crippen LogP contribution >= 0.6 is 11.8 Å². The maximum atomic E-state index is 13.6. The number of benzene rings is 2. The van der Waals surface area contributed by atoms with E-state index in [-0.39, 0.29) is 28.7 Å². The predicted octanol–water partition coefficient (Wildman–Crippen LogP) is 2.97. The smallest absolute Gasteiger partial charge is 0.353 e. The number of aliphatic imine (C=N–C) groups is 1. The van der Waals surface area contributed by atoms with Crippen LogP contribution in [0.3, 0.4) is 0 Å². The van der Waals surface area contributed by atoms with Gasteiger partial charge in [-0.2, -0.15) is 0 Å². The summed E-state index contributed by atoms with van der Waals surface area (Å²) in [6.07, 6.45) is 2.90. The number of para-hydroxylation sites is 1. The molecule has 3 aliphatic heterocycles. The Balaban J connectivity index is 1.54. The molecule has 0 spiro atoms. The molecule has 3 atom stereocenters. The number of ether oxygens (including phenoxy) is 1. The van der Waals surface area contributed by atoms with E-state index in [1.54, 1.807) is 21.5 Å². The van der Waals surface area contributed by atoms with Gasteiger partial charge in [-0.3, -0.25) is 0 Å². The van der Waals surface area contributed by atoms with Crippen LogP contribution in [0.5, 0.6) is 0 Å². The Morgan fingerprint density at radius 3 is 2.35 bits per heavy atom. The first-order valence-electron chi connectivity index (χ1n) is 10.3. The van der Waals surface area contributed by atoms with Crippen LogP contribution < -0.4 is 11.4 Å². The minimum atomic E-state index is -0.362. The van der Waals surface area contributed by atoms with E-state index in [1.807, 2.05) is 48.5 Å².